The normalized spacial score (nSPS) is 13.5. The lowest BCUT2D eigenvalue weighted by atomic mass is 10.0. The molecule has 0 spiro atoms. The van der Waals surface area contributed by atoms with E-state index in [4.69, 9.17) is 15.9 Å². The van der Waals surface area contributed by atoms with Crippen LogP contribution in [0, 0.1) is 0 Å². The number of aliphatic carboxylic acids is 1. The average Bonchev–Trinajstić information content (AvgIpc) is 2.40. The zero-order valence-electron chi connectivity index (χ0n) is 11.4. The fourth-order valence-electron chi connectivity index (χ4n) is 1.80. The van der Waals surface area contributed by atoms with Gasteiger partial charge < -0.3 is 21.3 Å². The van der Waals surface area contributed by atoms with Crippen LogP contribution in [0.1, 0.15) is 25.3 Å². The van der Waals surface area contributed by atoms with Crippen LogP contribution in [0.5, 0.6) is 5.75 Å². The van der Waals surface area contributed by atoms with Gasteiger partial charge in [-0.05, 0) is 30.5 Å². The molecule has 110 valence electrons. The molecule has 0 saturated carbocycles. The van der Waals surface area contributed by atoms with E-state index < -0.39 is 24.0 Å². The average molecular weight is 280 g/mol. The summed E-state index contributed by atoms with van der Waals surface area (Å²) in [6.45, 7) is 1.85. The molecule has 20 heavy (non-hydrogen) atoms. The number of carboxylic acid groups (broad SMARTS) is 1. The number of carbonyl (C=O) groups excluding carboxylic acids is 1. The topological polar surface area (TPSA) is 113 Å². The predicted molar refractivity (Wildman–Crippen MR) is 74.3 cm³/mol. The van der Waals surface area contributed by atoms with E-state index >= 15 is 0 Å². The van der Waals surface area contributed by atoms with Crippen molar-refractivity contribution in [1.82, 2.24) is 5.32 Å². The third-order valence-electron chi connectivity index (χ3n) is 2.92. The van der Waals surface area contributed by atoms with Gasteiger partial charge in [0, 0.05) is 0 Å². The van der Waals surface area contributed by atoms with Gasteiger partial charge in [0.1, 0.15) is 11.8 Å². The molecule has 2 atom stereocenters. The van der Waals surface area contributed by atoms with Crippen molar-refractivity contribution in [3.8, 4) is 5.75 Å². The van der Waals surface area contributed by atoms with Gasteiger partial charge in [0.15, 0.2) is 0 Å². The van der Waals surface area contributed by atoms with Gasteiger partial charge in [-0.3, -0.25) is 4.79 Å². The number of carboxylic acids is 1. The number of phenols is 1. The van der Waals surface area contributed by atoms with Crippen LogP contribution < -0.4 is 11.1 Å². The van der Waals surface area contributed by atoms with E-state index in [2.05, 4.69) is 5.32 Å². The highest BCUT2D eigenvalue weighted by atomic mass is 16.4. The minimum absolute atomic E-state index is 0.139. The Labute approximate surface area is 117 Å². The van der Waals surface area contributed by atoms with E-state index in [9.17, 15) is 9.59 Å². The van der Waals surface area contributed by atoms with Crippen molar-refractivity contribution in [3.63, 3.8) is 0 Å². The first-order chi connectivity index (χ1) is 9.43. The van der Waals surface area contributed by atoms with Crippen LogP contribution in [-0.2, 0) is 16.0 Å². The summed E-state index contributed by atoms with van der Waals surface area (Å²) in [5.74, 6) is -1.41. The third kappa shape index (κ3) is 4.89. The van der Waals surface area contributed by atoms with Crippen molar-refractivity contribution >= 4 is 11.9 Å². The summed E-state index contributed by atoms with van der Waals surface area (Å²) in [5.41, 5.74) is 6.56. The van der Waals surface area contributed by atoms with Gasteiger partial charge in [-0.2, -0.15) is 0 Å². The van der Waals surface area contributed by atoms with E-state index in [1.807, 2.05) is 6.92 Å². The van der Waals surface area contributed by atoms with E-state index in [1.165, 1.54) is 12.1 Å². The first-order valence-corrected chi connectivity index (χ1v) is 6.50. The Kier molecular flexibility index (Phi) is 5.99. The summed E-state index contributed by atoms with van der Waals surface area (Å²) in [5, 5.41) is 20.6. The quantitative estimate of drug-likeness (QED) is 0.585. The van der Waals surface area contributed by atoms with Gasteiger partial charge in [0.2, 0.25) is 5.91 Å². The Bertz CT molecular complexity index is 459. The second-order valence-electron chi connectivity index (χ2n) is 4.67. The number of hydrogen-bond donors (Lipinski definition) is 4. The summed E-state index contributed by atoms with van der Waals surface area (Å²) in [6, 6.07) is 4.64. The lowest BCUT2D eigenvalue weighted by molar-refractivity contribution is -0.142. The summed E-state index contributed by atoms with van der Waals surface area (Å²) in [4.78, 5) is 22.8. The first-order valence-electron chi connectivity index (χ1n) is 6.50. The third-order valence-corrected chi connectivity index (χ3v) is 2.92. The largest absolute Gasteiger partial charge is 0.508 e. The molecule has 2 unspecified atom stereocenters. The highest BCUT2D eigenvalue weighted by molar-refractivity contribution is 5.86. The SMILES string of the molecule is CCCC(NC(=O)C(N)Cc1ccc(O)cc1)C(=O)O. The zero-order valence-corrected chi connectivity index (χ0v) is 11.4. The van der Waals surface area contributed by atoms with E-state index in [0.717, 1.165) is 5.56 Å². The van der Waals surface area contributed by atoms with Crippen LogP contribution in [-0.4, -0.2) is 34.2 Å². The fourth-order valence-corrected chi connectivity index (χ4v) is 1.80. The van der Waals surface area contributed by atoms with Crippen LogP contribution in [0.2, 0.25) is 0 Å². The van der Waals surface area contributed by atoms with Crippen molar-refractivity contribution < 1.29 is 19.8 Å². The number of amides is 1. The standard InChI is InChI=1S/C14H20N2O4/c1-2-3-12(14(19)20)16-13(18)11(15)8-9-4-6-10(17)7-5-9/h4-7,11-12,17H,2-3,8,15H2,1H3,(H,16,18)(H,19,20). The Morgan fingerprint density at radius 2 is 1.90 bits per heavy atom. The molecule has 1 rings (SSSR count). The highest BCUT2D eigenvalue weighted by Crippen LogP contribution is 2.11. The van der Waals surface area contributed by atoms with Crippen molar-refractivity contribution in [2.45, 2.75) is 38.3 Å². The van der Waals surface area contributed by atoms with Gasteiger partial charge in [0.05, 0.1) is 6.04 Å². The Morgan fingerprint density at radius 1 is 1.30 bits per heavy atom. The molecule has 1 aromatic carbocycles. The molecule has 0 radical (unpaired) electrons. The molecule has 1 amide bonds. The highest BCUT2D eigenvalue weighted by Gasteiger charge is 2.22. The number of phenolic OH excluding ortho intramolecular Hbond substituents is 1. The second kappa shape index (κ2) is 7.49. The molecule has 6 nitrogen and oxygen atoms in total. The monoisotopic (exact) mass is 280 g/mol. The molecule has 5 N–H and O–H groups in total. The number of carbonyl (C=O) groups is 2. The molecule has 1 aromatic rings. The van der Waals surface area contributed by atoms with E-state index in [-0.39, 0.29) is 12.2 Å². The molecule has 6 heteroatoms. The Hall–Kier alpha value is -2.08. The summed E-state index contributed by atoms with van der Waals surface area (Å²) in [7, 11) is 0. The smallest absolute Gasteiger partial charge is 0.326 e. The van der Waals surface area contributed by atoms with Crippen LogP contribution in [0.3, 0.4) is 0 Å². The van der Waals surface area contributed by atoms with Gasteiger partial charge >= 0.3 is 5.97 Å². The zero-order chi connectivity index (χ0) is 15.1. The first kappa shape index (κ1) is 16.0. The molecule has 0 aliphatic heterocycles. The van der Waals surface area contributed by atoms with Crippen LogP contribution >= 0.6 is 0 Å². The number of nitrogens with two attached hydrogens (primary N) is 1. The summed E-state index contributed by atoms with van der Waals surface area (Å²) >= 11 is 0. The molecule has 0 fully saturated rings. The van der Waals surface area contributed by atoms with Crippen molar-refractivity contribution in [2.75, 3.05) is 0 Å². The number of hydrogen-bond acceptors (Lipinski definition) is 4. The predicted octanol–water partition coefficient (Wildman–Crippen LogP) is 0.631. The lowest BCUT2D eigenvalue weighted by Gasteiger charge is -2.17. The molecule has 0 heterocycles. The molecule has 0 bridgehead atoms. The van der Waals surface area contributed by atoms with Crippen molar-refractivity contribution in [2.24, 2.45) is 5.73 Å². The number of benzene rings is 1. The van der Waals surface area contributed by atoms with Crippen molar-refractivity contribution in [1.29, 1.82) is 0 Å². The second-order valence-corrected chi connectivity index (χ2v) is 4.67. The van der Waals surface area contributed by atoms with Gasteiger partial charge in [-0.1, -0.05) is 25.5 Å². The maximum Gasteiger partial charge on any atom is 0.326 e. The summed E-state index contributed by atoms with van der Waals surface area (Å²) < 4.78 is 0. The number of aromatic hydroxyl groups is 1. The molecule has 0 saturated heterocycles. The van der Waals surface area contributed by atoms with Crippen LogP contribution in [0.15, 0.2) is 24.3 Å². The maximum absolute atomic E-state index is 11.9. The van der Waals surface area contributed by atoms with Crippen molar-refractivity contribution in [3.05, 3.63) is 29.8 Å². The Balaban J connectivity index is 2.57. The number of rotatable bonds is 7. The lowest BCUT2D eigenvalue weighted by Crippen LogP contribution is -2.49. The minimum Gasteiger partial charge on any atom is -0.508 e. The fraction of sp³-hybridized carbons (Fsp3) is 0.429. The minimum atomic E-state index is -1.06. The van der Waals surface area contributed by atoms with E-state index in [0.29, 0.717) is 12.8 Å². The molecular weight excluding hydrogens is 260 g/mol. The van der Waals surface area contributed by atoms with Crippen LogP contribution in [0.4, 0.5) is 0 Å². The van der Waals surface area contributed by atoms with Gasteiger partial charge in [0.25, 0.3) is 0 Å². The molecule has 0 aliphatic rings. The molecule has 0 aliphatic carbocycles. The van der Waals surface area contributed by atoms with Gasteiger partial charge in [-0.15, -0.1) is 0 Å². The van der Waals surface area contributed by atoms with Crippen LogP contribution in [0.25, 0.3) is 0 Å². The number of nitrogens with one attached hydrogen (secondary N) is 1. The van der Waals surface area contributed by atoms with Gasteiger partial charge in [-0.25, -0.2) is 4.79 Å². The van der Waals surface area contributed by atoms with E-state index in [1.54, 1.807) is 12.1 Å². The Morgan fingerprint density at radius 3 is 2.40 bits per heavy atom. The molecule has 0 aromatic heterocycles. The maximum atomic E-state index is 11.9. The summed E-state index contributed by atoms with van der Waals surface area (Å²) in [6.07, 6.45) is 1.31. The molecular formula is C14H20N2O4.